The molecule has 2 aromatic rings. The number of carbonyl (C=O) groups excluding carboxylic acids is 1. The molecule has 2 rings (SSSR count). The molecule has 15 heteroatoms. The van der Waals surface area contributed by atoms with Crippen LogP contribution in [0.4, 0.5) is 30.7 Å². The molecule has 1 unspecified atom stereocenters. The summed E-state index contributed by atoms with van der Waals surface area (Å²) in [7, 11) is 0. The number of carboxylic acids is 2. The number of alkyl halides is 6. The average molecular weight is 542 g/mol. The van der Waals surface area contributed by atoms with Crippen LogP contribution in [-0.4, -0.2) is 51.4 Å². The van der Waals surface area contributed by atoms with Crippen LogP contribution in [0.1, 0.15) is 41.0 Å². The van der Waals surface area contributed by atoms with Crippen molar-refractivity contribution in [3.63, 3.8) is 0 Å². The topological polar surface area (TPSA) is 126 Å². The van der Waals surface area contributed by atoms with Crippen LogP contribution < -0.4 is 5.32 Å². The molecule has 1 aromatic carbocycles. The summed E-state index contributed by atoms with van der Waals surface area (Å²) in [6.45, 7) is 3.30. The molecule has 0 saturated heterocycles. The molecule has 0 spiro atoms. The van der Waals surface area contributed by atoms with Gasteiger partial charge in [0.25, 0.3) is 5.91 Å². The number of hydrogen-bond acceptors (Lipinski definition) is 5. The first-order chi connectivity index (χ1) is 16.9. The van der Waals surface area contributed by atoms with Crippen molar-refractivity contribution in [1.82, 2.24) is 10.3 Å². The zero-order chi connectivity index (χ0) is 28.6. The molecule has 204 valence electrons. The highest BCUT2D eigenvalue weighted by atomic mass is 19.4. The van der Waals surface area contributed by atoms with Gasteiger partial charge in [-0.3, -0.25) is 9.78 Å². The summed E-state index contributed by atoms with van der Waals surface area (Å²) in [5, 5.41) is 18.8. The lowest BCUT2D eigenvalue weighted by Gasteiger charge is -2.16. The van der Waals surface area contributed by atoms with Gasteiger partial charge in [0, 0.05) is 12.6 Å². The van der Waals surface area contributed by atoms with E-state index in [1.54, 1.807) is 26.0 Å². The summed E-state index contributed by atoms with van der Waals surface area (Å²) in [4.78, 5) is 36.4. The maximum atomic E-state index is 13.9. The minimum Gasteiger partial charge on any atom is -0.479 e. The van der Waals surface area contributed by atoms with Crippen molar-refractivity contribution in [3.8, 4) is 0 Å². The maximum absolute atomic E-state index is 13.9. The monoisotopic (exact) mass is 542 g/mol. The van der Waals surface area contributed by atoms with E-state index < -0.39 is 53.2 Å². The van der Waals surface area contributed by atoms with Crippen LogP contribution in [0.2, 0.25) is 0 Å². The summed E-state index contributed by atoms with van der Waals surface area (Å²) in [6.07, 6.45) is -9.65. The fourth-order valence-corrected chi connectivity index (χ4v) is 2.63. The second-order valence-electron chi connectivity index (χ2n) is 7.55. The Morgan fingerprint density at radius 3 is 2.08 bits per heavy atom. The highest BCUT2D eigenvalue weighted by Crippen LogP contribution is 2.30. The number of pyridine rings is 1. The van der Waals surface area contributed by atoms with Gasteiger partial charge in [-0.2, -0.15) is 26.3 Å². The second kappa shape index (κ2) is 13.0. The standard InChI is InChI=1S/C20H20F4N2O4.C2HF3O2/c1-11(2)30-17(19(28)29)8-12-5-6-25-14(7-12)10-26-18(27)15-4-3-13(9-16(15)21)20(22,23)24;3-2(4,5)1(6)7/h3-7,9,11,17H,8,10H2,1-2H3,(H,26,27)(H,28,29);(H,6,7). The lowest BCUT2D eigenvalue weighted by molar-refractivity contribution is -0.192. The number of carboxylic acid groups (broad SMARTS) is 2. The molecule has 1 heterocycles. The number of aromatic nitrogens is 1. The number of halogens is 7. The molecule has 8 nitrogen and oxygen atoms in total. The molecular weight excluding hydrogens is 521 g/mol. The third kappa shape index (κ3) is 10.8. The van der Waals surface area contributed by atoms with Crippen LogP contribution in [0, 0.1) is 5.82 Å². The van der Waals surface area contributed by atoms with Crippen LogP contribution in [0.3, 0.4) is 0 Å². The van der Waals surface area contributed by atoms with E-state index in [9.17, 15) is 45.4 Å². The van der Waals surface area contributed by atoms with Crippen LogP contribution in [-0.2, 0) is 33.5 Å². The third-order valence-corrected chi connectivity index (χ3v) is 4.23. The molecule has 1 amide bonds. The zero-order valence-corrected chi connectivity index (χ0v) is 19.2. The van der Waals surface area contributed by atoms with E-state index >= 15 is 0 Å². The van der Waals surface area contributed by atoms with E-state index in [0.29, 0.717) is 17.3 Å². The van der Waals surface area contributed by atoms with Gasteiger partial charge < -0.3 is 20.3 Å². The predicted molar refractivity (Wildman–Crippen MR) is 112 cm³/mol. The Morgan fingerprint density at radius 2 is 1.62 bits per heavy atom. The Morgan fingerprint density at radius 1 is 1.03 bits per heavy atom. The summed E-state index contributed by atoms with van der Waals surface area (Å²) in [5.74, 6) is -6.07. The van der Waals surface area contributed by atoms with Gasteiger partial charge >= 0.3 is 24.3 Å². The van der Waals surface area contributed by atoms with Crippen LogP contribution >= 0.6 is 0 Å². The molecule has 37 heavy (non-hydrogen) atoms. The van der Waals surface area contributed by atoms with Gasteiger partial charge in [-0.15, -0.1) is 0 Å². The lowest BCUT2D eigenvalue weighted by atomic mass is 10.1. The van der Waals surface area contributed by atoms with Crippen molar-refractivity contribution in [3.05, 3.63) is 64.7 Å². The van der Waals surface area contributed by atoms with Crippen LogP contribution in [0.5, 0.6) is 0 Å². The van der Waals surface area contributed by atoms with Crippen LogP contribution in [0.15, 0.2) is 36.5 Å². The van der Waals surface area contributed by atoms with E-state index in [1.165, 1.54) is 6.20 Å². The summed E-state index contributed by atoms with van der Waals surface area (Å²) >= 11 is 0. The van der Waals surface area contributed by atoms with E-state index in [0.717, 1.165) is 6.07 Å². The smallest absolute Gasteiger partial charge is 0.479 e. The number of ether oxygens (including phenoxy) is 1. The van der Waals surface area contributed by atoms with E-state index in [2.05, 4.69) is 10.3 Å². The molecule has 0 aliphatic heterocycles. The summed E-state index contributed by atoms with van der Waals surface area (Å²) < 4.78 is 88.8. The minimum absolute atomic E-state index is 0.0739. The molecular formula is C22H21F7N2O6. The normalized spacial score (nSPS) is 12.4. The summed E-state index contributed by atoms with van der Waals surface area (Å²) in [6, 6.07) is 4.80. The Labute approximate surface area is 205 Å². The van der Waals surface area contributed by atoms with Crippen molar-refractivity contribution >= 4 is 17.8 Å². The number of nitrogens with zero attached hydrogens (tertiary/aromatic N) is 1. The Kier molecular flexibility index (Phi) is 11.0. The fraction of sp³-hybridized carbons (Fsp3) is 0.364. The quantitative estimate of drug-likeness (QED) is 0.427. The SMILES string of the molecule is CC(C)OC(Cc1ccnc(CNC(=O)c2ccc(C(F)(F)F)cc2F)c1)C(=O)O.O=C(O)C(F)(F)F. The number of benzene rings is 1. The van der Waals surface area contributed by atoms with E-state index in [-0.39, 0.29) is 25.1 Å². The molecule has 0 bridgehead atoms. The molecule has 0 fully saturated rings. The minimum atomic E-state index is -5.08. The summed E-state index contributed by atoms with van der Waals surface area (Å²) in [5.41, 5.74) is -0.761. The molecule has 0 aliphatic rings. The molecule has 3 N–H and O–H groups in total. The third-order valence-electron chi connectivity index (χ3n) is 4.23. The highest BCUT2D eigenvalue weighted by molar-refractivity contribution is 5.94. The van der Waals surface area contributed by atoms with Gasteiger partial charge in [0.2, 0.25) is 0 Å². The van der Waals surface area contributed by atoms with Gasteiger partial charge in [-0.1, -0.05) is 0 Å². The molecule has 0 aliphatic carbocycles. The van der Waals surface area contributed by atoms with Crippen LogP contribution in [0.25, 0.3) is 0 Å². The highest BCUT2D eigenvalue weighted by Gasteiger charge is 2.38. The average Bonchev–Trinajstić information content (AvgIpc) is 2.76. The molecule has 0 saturated carbocycles. The van der Waals surface area contributed by atoms with Gasteiger partial charge in [0.05, 0.1) is 29.5 Å². The van der Waals surface area contributed by atoms with E-state index in [4.69, 9.17) is 14.6 Å². The molecule has 1 atom stereocenters. The maximum Gasteiger partial charge on any atom is 0.490 e. The van der Waals surface area contributed by atoms with Crippen molar-refractivity contribution in [2.24, 2.45) is 0 Å². The lowest BCUT2D eigenvalue weighted by Crippen LogP contribution is -2.29. The number of rotatable bonds is 8. The first kappa shape index (κ1) is 31.3. The zero-order valence-electron chi connectivity index (χ0n) is 19.2. The molecule has 0 radical (unpaired) electrons. The number of amides is 1. The fourth-order valence-electron chi connectivity index (χ4n) is 2.63. The van der Waals surface area contributed by atoms with Crippen molar-refractivity contribution in [2.45, 2.75) is 51.4 Å². The largest absolute Gasteiger partial charge is 0.490 e. The van der Waals surface area contributed by atoms with Crippen molar-refractivity contribution < 1.29 is 60.1 Å². The Hall–Kier alpha value is -3.75. The second-order valence-corrected chi connectivity index (χ2v) is 7.55. The van der Waals surface area contributed by atoms with Gasteiger partial charge in [0.15, 0.2) is 6.10 Å². The van der Waals surface area contributed by atoms with Crippen molar-refractivity contribution in [1.29, 1.82) is 0 Å². The number of hydrogen-bond donors (Lipinski definition) is 3. The molecule has 1 aromatic heterocycles. The predicted octanol–water partition coefficient (Wildman–Crippen LogP) is 4.22. The van der Waals surface area contributed by atoms with Crippen molar-refractivity contribution in [2.75, 3.05) is 0 Å². The van der Waals surface area contributed by atoms with Gasteiger partial charge in [-0.05, 0) is 49.7 Å². The number of aliphatic carboxylic acids is 2. The Bertz CT molecular complexity index is 1100. The van der Waals surface area contributed by atoms with Gasteiger partial charge in [-0.25, -0.2) is 14.0 Å². The number of carbonyl (C=O) groups is 3. The van der Waals surface area contributed by atoms with Gasteiger partial charge in [0.1, 0.15) is 5.82 Å². The Balaban J connectivity index is 0.000000856. The first-order valence-corrected chi connectivity index (χ1v) is 10.2. The number of nitrogens with one attached hydrogen (secondary N) is 1. The first-order valence-electron chi connectivity index (χ1n) is 10.2. The van der Waals surface area contributed by atoms with E-state index in [1.807, 2.05) is 0 Å².